The van der Waals surface area contributed by atoms with Crippen LogP contribution in [0.1, 0.15) is 39.2 Å². The summed E-state index contributed by atoms with van der Waals surface area (Å²) in [7, 11) is 0. The number of hydrogen-bond acceptors (Lipinski definition) is 5. The molecule has 0 spiro atoms. The zero-order valence-corrected chi connectivity index (χ0v) is 17.8. The molecular formula is C21H31F2N3O4. The predicted octanol–water partition coefficient (Wildman–Crippen LogP) is 3.43. The molecule has 1 N–H and O–H groups in total. The van der Waals surface area contributed by atoms with E-state index in [2.05, 4.69) is 19.9 Å². The van der Waals surface area contributed by atoms with Crippen molar-refractivity contribution < 1.29 is 27.8 Å². The minimum atomic E-state index is -2.91. The standard InChI is InChI=1S/C21H31F2N3O4/c1-4-24-21(26-11-9-16(10-12-26)19(27)29-6-3)25-14-15-7-8-17(30-20(22)23)18(13-15)28-5-2/h7-8,13,16,20H,4-6,9-12,14H2,1-3H3,(H,24,25). The number of carbonyl (C=O) groups is 1. The average molecular weight is 427 g/mol. The Morgan fingerprint density at radius 2 is 1.93 bits per heavy atom. The van der Waals surface area contributed by atoms with E-state index in [-0.39, 0.29) is 23.4 Å². The normalized spacial score (nSPS) is 15.3. The van der Waals surface area contributed by atoms with Gasteiger partial charge in [-0.3, -0.25) is 4.79 Å². The van der Waals surface area contributed by atoms with E-state index in [0.29, 0.717) is 39.4 Å². The number of benzene rings is 1. The molecule has 1 aromatic carbocycles. The van der Waals surface area contributed by atoms with Crippen LogP contribution in [0.3, 0.4) is 0 Å². The van der Waals surface area contributed by atoms with Gasteiger partial charge < -0.3 is 24.4 Å². The summed E-state index contributed by atoms with van der Waals surface area (Å²) in [5, 5.41) is 3.27. The maximum atomic E-state index is 12.6. The molecule has 7 nitrogen and oxygen atoms in total. The quantitative estimate of drug-likeness (QED) is 0.370. The minimum Gasteiger partial charge on any atom is -0.490 e. The second-order valence-electron chi connectivity index (χ2n) is 6.78. The van der Waals surface area contributed by atoms with E-state index < -0.39 is 6.61 Å². The number of alkyl halides is 2. The van der Waals surface area contributed by atoms with Crippen molar-refractivity contribution in [1.82, 2.24) is 10.2 Å². The van der Waals surface area contributed by atoms with Crippen LogP contribution in [0.4, 0.5) is 8.78 Å². The third kappa shape index (κ3) is 7.03. The summed E-state index contributed by atoms with van der Waals surface area (Å²) in [5.74, 6) is 0.831. The topological polar surface area (TPSA) is 72.4 Å². The van der Waals surface area contributed by atoms with Crippen LogP contribution in [0.15, 0.2) is 23.2 Å². The van der Waals surface area contributed by atoms with Gasteiger partial charge in [0.05, 0.1) is 25.7 Å². The lowest BCUT2D eigenvalue weighted by Gasteiger charge is -2.33. The smallest absolute Gasteiger partial charge is 0.387 e. The number of rotatable bonds is 9. The van der Waals surface area contributed by atoms with E-state index in [4.69, 9.17) is 9.47 Å². The van der Waals surface area contributed by atoms with Crippen molar-refractivity contribution in [3.8, 4) is 11.5 Å². The molecule has 0 unspecified atom stereocenters. The Morgan fingerprint density at radius 3 is 2.53 bits per heavy atom. The molecule has 1 aromatic rings. The number of aliphatic imine (C=N–C) groups is 1. The molecule has 0 saturated carbocycles. The molecule has 1 fully saturated rings. The fraction of sp³-hybridized carbons (Fsp3) is 0.619. The summed E-state index contributed by atoms with van der Waals surface area (Å²) < 4.78 is 40.2. The van der Waals surface area contributed by atoms with Crippen molar-refractivity contribution in [2.24, 2.45) is 10.9 Å². The molecule has 1 heterocycles. The summed E-state index contributed by atoms with van der Waals surface area (Å²) in [4.78, 5) is 18.7. The Bertz CT molecular complexity index is 707. The highest BCUT2D eigenvalue weighted by Crippen LogP contribution is 2.30. The largest absolute Gasteiger partial charge is 0.490 e. The first-order chi connectivity index (χ1) is 14.5. The number of nitrogens with zero attached hydrogens (tertiary/aromatic N) is 2. The number of piperidine rings is 1. The average Bonchev–Trinajstić information content (AvgIpc) is 2.73. The van der Waals surface area contributed by atoms with Crippen LogP contribution in [-0.2, 0) is 16.1 Å². The molecule has 0 atom stereocenters. The summed E-state index contributed by atoms with van der Waals surface area (Å²) in [5.41, 5.74) is 0.817. The summed E-state index contributed by atoms with van der Waals surface area (Å²) in [6, 6.07) is 4.83. The Morgan fingerprint density at radius 1 is 1.20 bits per heavy atom. The molecule has 2 rings (SSSR count). The number of halogens is 2. The number of esters is 1. The number of likely N-dealkylation sites (tertiary alicyclic amines) is 1. The van der Waals surface area contributed by atoms with Crippen molar-refractivity contribution >= 4 is 11.9 Å². The summed E-state index contributed by atoms with van der Waals surface area (Å²) in [6.45, 7) is 5.89. The third-order valence-corrected chi connectivity index (χ3v) is 4.68. The SMILES string of the molecule is CCNC(=NCc1ccc(OC(F)F)c(OCC)c1)N1CCC(C(=O)OCC)CC1. The van der Waals surface area contributed by atoms with Gasteiger partial charge in [-0.15, -0.1) is 0 Å². The first-order valence-electron chi connectivity index (χ1n) is 10.4. The molecule has 0 aromatic heterocycles. The lowest BCUT2D eigenvalue weighted by Crippen LogP contribution is -2.46. The van der Waals surface area contributed by atoms with Crippen LogP contribution in [0.5, 0.6) is 11.5 Å². The first kappa shape index (κ1) is 23.7. The highest BCUT2D eigenvalue weighted by molar-refractivity contribution is 5.80. The monoisotopic (exact) mass is 427 g/mol. The highest BCUT2D eigenvalue weighted by Gasteiger charge is 2.27. The molecule has 0 amide bonds. The van der Waals surface area contributed by atoms with E-state index >= 15 is 0 Å². The Hall–Kier alpha value is -2.58. The summed E-state index contributed by atoms with van der Waals surface area (Å²) in [6.07, 6.45) is 1.44. The maximum Gasteiger partial charge on any atom is 0.387 e. The summed E-state index contributed by atoms with van der Waals surface area (Å²) >= 11 is 0. The molecule has 0 aliphatic carbocycles. The molecule has 30 heavy (non-hydrogen) atoms. The van der Waals surface area contributed by atoms with Gasteiger partial charge in [0, 0.05) is 19.6 Å². The van der Waals surface area contributed by atoms with Gasteiger partial charge in [0.1, 0.15) is 0 Å². The van der Waals surface area contributed by atoms with E-state index in [1.54, 1.807) is 19.1 Å². The van der Waals surface area contributed by atoms with E-state index in [1.165, 1.54) is 6.07 Å². The number of nitrogens with one attached hydrogen (secondary N) is 1. The molecule has 0 bridgehead atoms. The van der Waals surface area contributed by atoms with E-state index in [9.17, 15) is 13.6 Å². The van der Waals surface area contributed by atoms with Crippen molar-refractivity contribution in [3.63, 3.8) is 0 Å². The second kappa shape index (κ2) is 12.2. The molecule has 9 heteroatoms. The number of hydrogen-bond donors (Lipinski definition) is 1. The first-order valence-corrected chi connectivity index (χ1v) is 10.4. The molecular weight excluding hydrogens is 396 g/mol. The van der Waals surface area contributed by atoms with Gasteiger partial charge in [-0.2, -0.15) is 8.78 Å². The maximum absolute atomic E-state index is 12.6. The van der Waals surface area contributed by atoms with Crippen LogP contribution < -0.4 is 14.8 Å². The lowest BCUT2D eigenvalue weighted by atomic mass is 9.97. The zero-order valence-electron chi connectivity index (χ0n) is 17.8. The van der Waals surface area contributed by atoms with E-state index in [0.717, 1.165) is 24.4 Å². The predicted molar refractivity (Wildman–Crippen MR) is 110 cm³/mol. The van der Waals surface area contributed by atoms with Crippen molar-refractivity contribution in [2.45, 2.75) is 46.8 Å². The molecule has 1 aliphatic heterocycles. The van der Waals surface area contributed by atoms with Gasteiger partial charge in [-0.25, -0.2) is 4.99 Å². The molecule has 0 radical (unpaired) electrons. The molecule has 1 saturated heterocycles. The van der Waals surface area contributed by atoms with Gasteiger partial charge >= 0.3 is 12.6 Å². The fourth-order valence-electron chi connectivity index (χ4n) is 3.29. The number of guanidine groups is 1. The van der Waals surface area contributed by atoms with Crippen LogP contribution in [-0.4, -0.2) is 56.3 Å². The van der Waals surface area contributed by atoms with Crippen LogP contribution >= 0.6 is 0 Å². The van der Waals surface area contributed by atoms with Gasteiger partial charge in [0.25, 0.3) is 0 Å². The molecule has 1 aliphatic rings. The fourth-order valence-corrected chi connectivity index (χ4v) is 3.29. The van der Waals surface area contributed by atoms with Gasteiger partial charge in [0.2, 0.25) is 0 Å². The Labute approximate surface area is 176 Å². The lowest BCUT2D eigenvalue weighted by molar-refractivity contribution is -0.149. The van der Waals surface area contributed by atoms with Crippen LogP contribution in [0.2, 0.25) is 0 Å². The Kier molecular flexibility index (Phi) is 9.63. The van der Waals surface area contributed by atoms with E-state index in [1.807, 2.05) is 13.8 Å². The minimum absolute atomic E-state index is 0.00697. The van der Waals surface area contributed by atoms with Gasteiger partial charge in [0.15, 0.2) is 17.5 Å². The highest BCUT2D eigenvalue weighted by atomic mass is 19.3. The van der Waals surface area contributed by atoms with Crippen LogP contribution in [0.25, 0.3) is 0 Å². The van der Waals surface area contributed by atoms with Gasteiger partial charge in [-0.1, -0.05) is 6.07 Å². The zero-order chi connectivity index (χ0) is 21.9. The Balaban J connectivity index is 2.05. The number of ether oxygens (including phenoxy) is 3. The third-order valence-electron chi connectivity index (χ3n) is 4.68. The van der Waals surface area contributed by atoms with Crippen molar-refractivity contribution in [1.29, 1.82) is 0 Å². The van der Waals surface area contributed by atoms with Crippen molar-refractivity contribution in [3.05, 3.63) is 23.8 Å². The number of carbonyl (C=O) groups excluding carboxylic acids is 1. The van der Waals surface area contributed by atoms with Crippen molar-refractivity contribution in [2.75, 3.05) is 32.8 Å². The molecule has 168 valence electrons. The van der Waals surface area contributed by atoms with Crippen LogP contribution in [0, 0.1) is 5.92 Å². The van der Waals surface area contributed by atoms with Gasteiger partial charge in [-0.05, 0) is 51.3 Å². The second-order valence-corrected chi connectivity index (χ2v) is 6.78.